The van der Waals surface area contributed by atoms with Crippen LogP contribution in [-0.4, -0.2) is 37.6 Å². The summed E-state index contributed by atoms with van der Waals surface area (Å²) in [6.45, 7) is 2.93. The second-order valence-corrected chi connectivity index (χ2v) is 6.75. The number of hydrogen-bond donors (Lipinski definition) is 1. The highest BCUT2D eigenvalue weighted by Gasteiger charge is 2.21. The van der Waals surface area contributed by atoms with Gasteiger partial charge in [-0.05, 0) is 55.4 Å². The summed E-state index contributed by atoms with van der Waals surface area (Å²) in [5.41, 5.74) is 9.11. The number of methoxy groups -OCH3 is 1. The molecular weight excluding hydrogens is 286 g/mol. The predicted octanol–water partition coefficient (Wildman–Crippen LogP) is 3.31. The third-order valence-corrected chi connectivity index (χ3v) is 5.19. The van der Waals surface area contributed by atoms with E-state index in [0.29, 0.717) is 5.92 Å². The zero-order chi connectivity index (χ0) is 16.1. The zero-order valence-corrected chi connectivity index (χ0v) is 14.3. The van der Waals surface area contributed by atoms with Crippen molar-refractivity contribution in [3.63, 3.8) is 0 Å². The molecule has 1 saturated heterocycles. The smallest absolute Gasteiger partial charge is 0.191 e. The number of benzene rings is 1. The Morgan fingerprint density at radius 3 is 2.74 bits per heavy atom. The number of hydrogen-bond acceptors (Lipinski definition) is 2. The maximum atomic E-state index is 6.26. The molecule has 1 fully saturated rings. The Balaban J connectivity index is 1.68. The number of fused-ring (bicyclic) bond motifs is 1. The summed E-state index contributed by atoms with van der Waals surface area (Å²) >= 11 is 0. The predicted molar refractivity (Wildman–Crippen MR) is 95.2 cm³/mol. The first-order valence-corrected chi connectivity index (χ1v) is 8.99. The van der Waals surface area contributed by atoms with Gasteiger partial charge in [-0.2, -0.15) is 0 Å². The molecule has 1 aromatic carbocycles. The first kappa shape index (κ1) is 16.2. The lowest BCUT2D eigenvalue weighted by molar-refractivity contribution is 0.412. The van der Waals surface area contributed by atoms with Crippen LogP contribution in [-0.2, 0) is 6.42 Å². The summed E-state index contributed by atoms with van der Waals surface area (Å²) in [7, 11) is 1.73. The highest BCUT2D eigenvalue weighted by molar-refractivity contribution is 5.78. The summed E-state index contributed by atoms with van der Waals surface area (Å²) in [5.74, 6) is 2.19. The molecule has 0 aromatic heterocycles. The molecule has 1 aromatic rings. The Bertz CT molecular complexity index is 548. The molecule has 23 heavy (non-hydrogen) atoms. The van der Waals surface area contributed by atoms with E-state index in [4.69, 9.17) is 15.5 Å². The summed E-state index contributed by atoms with van der Waals surface area (Å²) in [5, 5.41) is 0. The number of aliphatic imine (C=N–C) groups is 1. The van der Waals surface area contributed by atoms with E-state index in [1.165, 1.54) is 49.7 Å². The molecule has 1 aliphatic heterocycles. The number of nitrogens with two attached hydrogens (primary N) is 1. The van der Waals surface area contributed by atoms with Crippen molar-refractivity contribution in [1.29, 1.82) is 0 Å². The van der Waals surface area contributed by atoms with E-state index in [1.54, 1.807) is 7.11 Å². The van der Waals surface area contributed by atoms with Gasteiger partial charge in [-0.15, -0.1) is 0 Å². The molecule has 4 heteroatoms. The van der Waals surface area contributed by atoms with Gasteiger partial charge in [-0.3, -0.25) is 4.99 Å². The molecule has 0 amide bonds. The van der Waals surface area contributed by atoms with E-state index in [-0.39, 0.29) is 0 Å². The Labute approximate surface area is 139 Å². The van der Waals surface area contributed by atoms with Crippen LogP contribution < -0.4 is 10.5 Å². The molecule has 3 rings (SSSR count). The number of rotatable bonds is 3. The van der Waals surface area contributed by atoms with Gasteiger partial charge < -0.3 is 15.4 Å². The number of guanidine groups is 1. The van der Waals surface area contributed by atoms with Crippen LogP contribution in [0.15, 0.2) is 23.2 Å². The number of likely N-dealkylation sites (tertiary alicyclic amines) is 1. The van der Waals surface area contributed by atoms with Crippen molar-refractivity contribution in [3.8, 4) is 5.75 Å². The van der Waals surface area contributed by atoms with Crippen LogP contribution in [0.5, 0.6) is 5.75 Å². The number of ether oxygens (including phenoxy) is 1. The normalized spacial score (nSPS) is 22.4. The monoisotopic (exact) mass is 315 g/mol. The molecule has 1 heterocycles. The highest BCUT2D eigenvalue weighted by Crippen LogP contribution is 2.34. The lowest BCUT2D eigenvalue weighted by atomic mass is 9.83. The van der Waals surface area contributed by atoms with Crippen molar-refractivity contribution >= 4 is 5.96 Å². The van der Waals surface area contributed by atoms with Gasteiger partial charge in [0.05, 0.1) is 7.11 Å². The molecule has 0 saturated carbocycles. The molecule has 126 valence electrons. The van der Waals surface area contributed by atoms with Crippen molar-refractivity contribution in [2.75, 3.05) is 26.7 Å². The Morgan fingerprint density at radius 1 is 1.22 bits per heavy atom. The molecule has 1 atom stereocenters. The van der Waals surface area contributed by atoms with Gasteiger partial charge in [-0.1, -0.05) is 18.9 Å². The summed E-state index contributed by atoms with van der Waals surface area (Å²) in [6.07, 6.45) is 8.70. The summed E-state index contributed by atoms with van der Waals surface area (Å²) < 4.78 is 5.35. The summed E-state index contributed by atoms with van der Waals surface area (Å²) in [4.78, 5) is 7.01. The minimum atomic E-state index is 0.496. The van der Waals surface area contributed by atoms with Crippen molar-refractivity contribution in [2.45, 2.75) is 50.9 Å². The van der Waals surface area contributed by atoms with Crippen LogP contribution in [0.2, 0.25) is 0 Å². The third kappa shape index (κ3) is 3.98. The van der Waals surface area contributed by atoms with Gasteiger partial charge in [0.2, 0.25) is 0 Å². The Kier molecular flexibility index (Phi) is 5.42. The van der Waals surface area contributed by atoms with Crippen molar-refractivity contribution < 1.29 is 4.74 Å². The molecule has 0 bridgehead atoms. The fraction of sp³-hybridized carbons (Fsp3) is 0.632. The molecule has 1 aliphatic carbocycles. The van der Waals surface area contributed by atoms with Crippen molar-refractivity contribution in [3.05, 3.63) is 29.3 Å². The minimum absolute atomic E-state index is 0.496. The van der Waals surface area contributed by atoms with Gasteiger partial charge in [-0.25, -0.2) is 0 Å². The maximum Gasteiger partial charge on any atom is 0.191 e. The van der Waals surface area contributed by atoms with Crippen molar-refractivity contribution in [1.82, 2.24) is 4.90 Å². The second kappa shape index (κ2) is 7.71. The van der Waals surface area contributed by atoms with E-state index in [0.717, 1.165) is 37.8 Å². The lowest BCUT2D eigenvalue weighted by Crippen LogP contribution is -2.38. The van der Waals surface area contributed by atoms with Crippen LogP contribution in [0, 0.1) is 0 Å². The first-order chi connectivity index (χ1) is 11.3. The first-order valence-electron chi connectivity index (χ1n) is 8.99. The van der Waals surface area contributed by atoms with E-state index in [1.807, 2.05) is 0 Å². The second-order valence-electron chi connectivity index (χ2n) is 6.75. The molecule has 1 unspecified atom stereocenters. The quantitative estimate of drug-likeness (QED) is 0.688. The van der Waals surface area contributed by atoms with E-state index in [9.17, 15) is 0 Å². The SMILES string of the molecule is COc1ccc2c(c1)CCCC2CN=C(N)N1CCCCCC1. The Morgan fingerprint density at radius 2 is 2.00 bits per heavy atom. The van der Waals surface area contributed by atoms with Gasteiger partial charge in [0, 0.05) is 25.6 Å². The average molecular weight is 315 g/mol. The van der Waals surface area contributed by atoms with Gasteiger partial charge in [0.1, 0.15) is 5.75 Å². The third-order valence-electron chi connectivity index (χ3n) is 5.19. The zero-order valence-electron chi connectivity index (χ0n) is 14.3. The Hall–Kier alpha value is -1.71. The summed E-state index contributed by atoms with van der Waals surface area (Å²) in [6, 6.07) is 6.47. The van der Waals surface area contributed by atoms with Gasteiger partial charge >= 0.3 is 0 Å². The van der Waals surface area contributed by atoms with Crippen LogP contribution in [0.1, 0.15) is 55.6 Å². The van der Waals surface area contributed by atoms with Crippen LogP contribution >= 0.6 is 0 Å². The van der Waals surface area contributed by atoms with Gasteiger partial charge in [0.15, 0.2) is 5.96 Å². The van der Waals surface area contributed by atoms with E-state index in [2.05, 4.69) is 23.1 Å². The molecule has 4 nitrogen and oxygen atoms in total. The topological polar surface area (TPSA) is 50.9 Å². The number of nitrogens with zero attached hydrogens (tertiary/aromatic N) is 2. The molecule has 2 aliphatic rings. The molecule has 0 spiro atoms. The molecule has 0 radical (unpaired) electrons. The van der Waals surface area contributed by atoms with E-state index < -0.39 is 0 Å². The van der Waals surface area contributed by atoms with Crippen molar-refractivity contribution in [2.24, 2.45) is 10.7 Å². The highest BCUT2D eigenvalue weighted by atomic mass is 16.5. The number of aryl methyl sites for hydroxylation is 1. The minimum Gasteiger partial charge on any atom is -0.497 e. The van der Waals surface area contributed by atoms with Crippen LogP contribution in [0.25, 0.3) is 0 Å². The standard InChI is InChI=1S/C19H29N3O/c1-23-17-9-10-18-15(13-17)7-6-8-16(18)14-21-19(20)22-11-4-2-3-5-12-22/h9-10,13,16H,2-8,11-12,14H2,1H3,(H2,20,21). The maximum absolute atomic E-state index is 6.26. The molecular formula is C19H29N3O. The fourth-order valence-corrected chi connectivity index (χ4v) is 3.81. The fourth-order valence-electron chi connectivity index (χ4n) is 3.81. The van der Waals surface area contributed by atoms with Crippen LogP contribution in [0.4, 0.5) is 0 Å². The van der Waals surface area contributed by atoms with E-state index >= 15 is 0 Å². The largest absolute Gasteiger partial charge is 0.497 e. The average Bonchev–Trinajstić information content (AvgIpc) is 2.88. The van der Waals surface area contributed by atoms with Gasteiger partial charge in [0.25, 0.3) is 0 Å². The lowest BCUT2D eigenvalue weighted by Gasteiger charge is -2.26. The van der Waals surface area contributed by atoms with Crippen LogP contribution in [0.3, 0.4) is 0 Å². The molecule has 2 N–H and O–H groups in total.